The number of sulfonamides is 1. The van der Waals surface area contributed by atoms with Crippen molar-refractivity contribution in [2.45, 2.75) is 18.2 Å². The fourth-order valence-electron chi connectivity index (χ4n) is 3.38. The normalized spacial score (nSPS) is 15.4. The van der Waals surface area contributed by atoms with Crippen LogP contribution in [-0.4, -0.2) is 52.6 Å². The van der Waals surface area contributed by atoms with Crippen LogP contribution in [0.5, 0.6) is 0 Å². The molecule has 0 atom stereocenters. The Labute approximate surface area is 167 Å². The first-order valence-corrected chi connectivity index (χ1v) is 11.0. The van der Waals surface area contributed by atoms with Crippen LogP contribution in [0.25, 0.3) is 0 Å². The van der Waals surface area contributed by atoms with Crippen LogP contribution in [0.2, 0.25) is 0 Å². The lowest BCUT2D eigenvalue weighted by molar-refractivity contribution is 0.255. The molecule has 3 rings (SSSR count). The molecule has 28 heavy (non-hydrogen) atoms. The van der Waals surface area contributed by atoms with Crippen LogP contribution in [0.3, 0.4) is 0 Å². The average Bonchev–Trinajstić information content (AvgIpc) is 2.72. The quantitative estimate of drug-likeness (QED) is 0.725. The Kier molecular flexibility index (Phi) is 6.68. The maximum absolute atomic E-state index is 12.3. The number of aryl methyl sites for hydroxylation is 1. The van der Waals surface area contributed by atoms with Gasteiger partial charge in [-0.05, 0) is 55.8 Å². The van der Waals surface area contributed by atoms with Gasteiger partial charge < -0.3 is 4.90 Å². The Morgan fingerprint density at radius 3 is 2.54 bits per heavy atom. The number of anilines is 1. The predicted molar refractivity (Wildman–Crippen MR) is 111 cm³/mol. The van der Waals surface area contributed by atoms with Crippen LogP contribution in [0.4, 0.5) is 5.69 Å². The molecule has 0 spiro atoms. The summed E-state index contributed by atoms with van der Waals surface area (Å²) in [6, 6.07) is 16.6. The molecule has 6 nitrogen and oxygen atoms in total. The minimum Gasteiger partial charge on any atom is -0.369 e. The summed E-state index contributed by atoms with van der Waals surface area (Å²) in [6.07, 6.45) is 0.752. The molecule has 0 bridgehead atoms. The zero-order valence-corrected chi connectivity index (χ0v) is 17.0. The molecular formula is C21H26N4O2S. The van der Waals surface area contributed by atoms with Crippen molar-refractivity contribution < 1.29 is 8.42 Å². The molecule has 1 aliphatic rings. The third kappa shape index (κ3) is 5.32. The number of hydrogen-bond donors (Lipinski definition) is 1. The number of piperazine rings is 1. The van der Waals surface area contributed by atoms with Gasteiger partial charge >= 0.3 is 0 Å². The number of rotatable bonds is 7. The molecule has 0 saturated carbocycles. The molecule has 0 aliphatic carbocycles. The SMILES string of the molecule is Cc1cccc(N2CCN(CCCNS(=O)(=O)c3cccc(C#N)c3)CC2)c1. The van der Waals surface area contributed by atoms with E-state index in [9.17, 15) is 8.42 Å². The highest BCUT2D eigenvalue weighted by Gasteiger charge is 2.18. The van der Waals surface area contributed by atoms with Crippen molar-refractivity contribution in [2.24, 2.45) is 0 Å². The summed E-state index contributed by atoms with van der Waals surface area (Å²) in [4.78, 5) is 4.91. The van der Waals surface area contributed by atoms with Crippen molar-refractivity contribution in [1.82, 2.24) is 9.62 Å². The number of nitrogens with zero attached hydrogens (tertiary/aromatic N) is 3. The van der Waals surface area contributed by atoms with Gasteiger partial charge in [-0.25, -0.2) is 13.1 Å². The minimum atomic E-state index is -3.57. The van der Waals surface area contributed by atoms with E-state index in [0.717, 1.165) is 39.1 Å². The molecule has 7 heteroatoms. The van der Waals surface area contributed by atoms with Gasteiger partial charge in [-0.3, -0.25) is 4.90 Å². The number of nitriles is 1. The molecular weight excluding hydrogens is 372 g/mol. The van der Waals surface area contributed by atoms with Gasteiger partial charge in [0.15, 0.2) is 0 Å². The van der Waals surface area contributed by atoms with Gasteiger partial charge in [0, 0.05) is 38.4 Å². The largest absolute Gasteiger partial charge is 0.369 e. The van der Waals surface area contributed by atoms with E-state index in [1.807, 2.05) is 6.07 Å². The van der Waals surface area contributed by atoms with Crippen molar-refractivity contribution in [3.8, 4) is 6.07 Å². The highest BCUT2D eigenvalue weighted by molar-refractivity contribution is 7.89. The topological polar surface area (TPSA) is 76.4 Å². The molecule has 2 aromatic rings. The summed E-state index contributed by atoms with van der Waals surface area (Å²) in [7, 11) is -3.57. The Balaban J connectivity index is 1.42. The predicted octanol–water partition coefficient (Wildman–Crippen LogP) is 2.36. The van der Waals surface area contributed by atoms with E-state index < -0.39 is 10.0 Å². The van der Waals surface area contributed by atoms with E-state index in [-0.39, 0.29) is 4.90 Å². The smallest absolute Gasteiger partial charge is 0.240 e. The third-order valence-electron chi connectivity index (χ3n) is 4.96. The molecule has 0 radical (unpaired) electrons. The second kappa shape index (κ2) is 9.20. The lowest BCUT2D eigenvalue weighted by Gasteiger charge is -2.36. The summed E-state index contributed by atoms with van der Waals surface area (Å²) < 4.78 is 27.3. The van der Waals surface area contributed by atoms with E-state index in [4.69, 9.17) is 5.26 Å². The van der Waals surface area contributed by atoms with Crippen LogP contribution in [-0.2, 0) is 10.0 Å². The number of nitrogens with one attached hydrogen (secondary N) is 1. The van der Waals surface area contributed by atoms with E-state index in [1.54, 1.807) is 12.1 Å². The lowest BCUT2D eigenvalue weighted by atomic mass is 10.2. The van der Waals surface area contributed by atoms with Gasteiger partial charge in [0.25, 0.3) is 0 Å². The highest BCUT2D eigenvalue weighted by atomic mass is 32.2. The summed E-state index contributed by atoms with van der Waals surface area (Å²) in [5, 5.41) is 8.92. The molecule has 0 aromatic heterocycles. The summed E-state index contributed by atoms with van der Waals surface area (Å²) >= 11 is 0. The molecule has 2 aromatic carbocycles. The molecule has 1 N–H and O–H groups in total. The van der Waals surface area contributed by atoms with Crippen molar-refractivity contribution in [3.63, 3.8) is 0 Å². The zero-order valence-electron chi connectivity index (χ0n) is 16.1. The Morgan fingerprint density at radius 1 is 1.07 bits per heavy atom. The van der Waals surface area contributed by atoms with Gasteiger partial charge in [0.1, 0.15) is 0 Å². The first kappa shape index (κ1) is 20.3. The lowest BCUT2D eigenvalue weighted by Crippen LogP contribution is -2.47. The Morgan fingerprint density at radius 2 is 1.82 bits per heavy atom. The minimum absolute atomic E-state index is 0.137. The summed E-state index contributed by atoms with van der Waals surface area (Å²) in [6.45, 7) is 7.28. The fourth-order valence-corrected chi connectivity index (χ4v) is 4.50. The first-order valence-electron chi connectivity index (χ1n) is 9.52. The van der Waals surface area contributed by atoms with E-state index in [1.165, 1.54) is 23.4 Å². The molecule has 148 valence electrons. The van der Waals surface area contributed by atoms with Gasteiger partial charge in [-0.2, -0.15) is 5.26 Å². The maximum Gasteiger partial charge on any atom is 0.240 e. The van der Waals surface area contributed by atoms with Crippen LogP contribution in [0.15, 0.2) is 53.4 Å². The van der Waals surface area contributed by atoms with Crippen LogP contribution < -0.4 is 9.62 Å². The molecule has 0 unspecified atom stereocenters. The van der Waals surface area contributed by atoms with Crippen molar-refractivity contribution in [3.05, 3.63) is 59.7 Å². The maximum atomic E-state index is 12.3. The second-order valence-electron chi connectivity index (χ2n) is 7.06. The van der Waals surface area contributed by atoms with Gasteiger partial charge in [-0.15, -0.1) is 0 Å². The van der Waals surface area contributed by atoms with Gasteiger partial charge in [0.05, 0.1) is 16.5 Å². The second-order valence-corrected chi connectivity index (χ2v) is 8.83. The van der Waals surface area contributed by atoms with Crippen molar-refractivity contribution in [2.75, 3.05) is 44.2 Å². The molecule has 1 fully saturated rings. The monoisotopic (exact) mass is 398 g/mol. The standard InChI is InChI=1S/C21H26N4O2S/c1-18-5-2-7-20(15-18)25-13-11-24(12-14-25)10-4-9-23-28(26,27)21-8-3-6-19(16-21)17-22/h2-3,5-8,15-16,23H,4,9-14H2,1H3. The van der Waals surface area contributed by atoms with Crippen molar-refractivity contribution in [1.29, 1.82) is 5.26 Å². The highest BCUT2D eigenvalue weighted by Crippen LogP contribution is 2.18. The fraction of sp³-hybridized carbons (Fsp3) is 0.381. The Bertz CT molecular complexity index is 945. The average molecular weight is 399 g/mol. The first-order chi connectivity index (χ1) is 13.5. The zero-order chi connectivity index (χ0) is 20.0. The van der Waals surface area contributed by atoms with E-state index in [2.05, 4.69) is 45.7 Å². The number of hydrogen-bond acceptors (Lipinski definition) is 5. The van der Waals surface area contributed by atoms with E-state index in [0.29, 0.717) is 12.1 Å². The summed E-state index contributed by atoms with van der Waals surface area (Å²) in [5.41, 5.74) is 2.88. The number of benzene rings is 2. The van der Waals surface area contributed by atoms with Crippen molar-refractivity contribution >= 4 is 15.7 Å². The van der Waals surface area contributed by atoms with Crippen LogP contribution >= 0.6 is 0 Å². The summed E-state index contributed by atoms with van der Waals surface area (Å²) in [5.74, 6) is 0. The molecule has 0 amide bonds. The molecule has 1 heterocycles. The molecule has 1 saturated heterocycles. The Hall–Kier alpha value is -2.40. The van der Waals surface area contributed by atoms with Gasteiger partial charge in [-0.1, -0.05) is 18.2 Å². The van der Waals surface area contributed by atoms with E-state index >= 15 is 0 Å². The molecule has 1 aliphatic heterocycles. The third-order valence-corrected chi connectivity index (χ3v) is 6.41. The van der Waals surface area contributed by atoms with Crippen LogP contribution in [0.1, 0.15) is 17.5 Å². The van der Waals surface area contributed by atoms with Crippen LogP contribution in [0, 0.1) is 18.3 Å². The van der Waals surface area contributed by atoms with Gasteiger partial charge in [0.2, 0.25) is 10.0 Å².